The number of carbonyl (C=O) groups is 1. The molecule has 0 aliphatic carbocycles. The van der Waals surface area contributed by atoms with Gasteiger partial charge in [0.05, 0.1) is 33.8 Å². The maximum Gasteiger partial charge on any atom is 0.573 e. The fourth-order valence-corrected chi connectivity index (χ4v) is 4.82. The lowest BCUT2D eigenvalue weighted by Crippen LogP contribution is -2.38. The zero-order chi connectivity index (χ0) is 31.1. The highest BCUT2D eigenvalue weighted by Gasteiger charge is 2.43. The highest BCUT2D eigenvalue weighted by atomic mass is 35.5. The van der Waals surface area contributed by atoms with E-state index in [2.05, 4.69) is 15.2 Å². The smallest absolute Gasteiger partial charge is 0.405 e. The van der Waals surface area contributed by atoms with Gasteiger partial charge in [-0.2, -0.15) is 31.4 Å². The Balaban J connectivity index is 1.62. The molecule has 0 saturated heterocycles. The van der Waals surface area contributed by atoms with Crippen LogP contribution < -0.4 is 10.1 Å². The number of benzene rings is 3. The Kier molecular flexibility index (Phi) is 8.15. The van der Waals surface area contributed by atoms with Crippen LogP contribution in [0.5, 0.6) is 5.75 Å². The van der Waals surface area contributed by atoms with Crippen molar-refractivity contribution in [3.8, 4) is 5.75 Å². The summed E-state index contributed by atoms with van der Waals surface area (Å²) in [6.07, 6.45) is -15.3. The van der Waals surface area contributed by atoms with E-state index in [4.69, 9.17) is 11.6 Å². The molecule has 0 aromatic heterocycles. The van der Waals surface area contributed by atoms with Crippen LogP contribution in [0.15, 0.2) is 71.8 Å². The van der Waals surface area contributed by atoms with Crippen molar-refractivity contribution >= 4 is 28.9 Å². The fraction of sp³-hybridized carbons (Fsp3) is 0.259. The molecule has 1 heterocycles. The van der Waals surface area contributed by atoms with Crippen molar-refractivity contribution in [2.75, 3.05) is 18.4 Å². The van der Waals surface area contributed by atoms with Crippen molar-refractivity contribution < 1.29 is 49.0 Å². The van der Waals surface area contributed by atoms with Gasteiger partial charge in [-0.05, 0) is 36.8 Å². The van der Waals surface area contributed by atoms with E-state index in [0.29, 0.717) is 17.7 Å². The molecule has 15 heteroatoms. The van der Waals surface area contributed by atoms with Crippen LogP contribution in [-0.2, 0) is 22.6 Å². The van der Waals surface area contributed by atoms with Crippen LogP contribution in [0.1, 0.15) is 29.2 Å². The SMILES string of the molecule is CC1(c2ccccc2)CN(CC(=O)Nc2ccc(C(F)(F)F)c(OC(F)(F)F)c2)N=C1c1ccc(C(F)(F)F)c(Cl)c1. The maximum absolute atomic E-state index is 13.3. The predicted molar refractivity (Wildman–Crippen MR) is 135 cm³/mol. The highest BCUT2D eigenvalue weighted by Crippen LogP contribution is 2.41. The molecule has 0 fully saturated rings. The lowest BCUT2D eigenvalue weighted by atomic mass is 9.76. The number of ether oxygens (including phenoxy) is 1. The number of nitrogens with zero attached hydrogens (tertiary/aromatic N) is 2. The van der Waals surface area contributed by atoms with E-state index in [1.54, 1.807) is 37.3 Å². The van der Waals surface area contributed by atoms with Crippen LogP contribution in [-0.4, -0.2) is 36.1 Å². The lowest BCUT2D eigenvalue weighted by Gasteiger charge is -2.27. The van der Waals surface area contributed by atoms with Gasteiger partial charge in [0.15, 0.2) is 0 Å². The number of anilines is 1. The van der Waals surface area contributed by atoms with E-state index >= 15 is 0 Å². The Labute approximate surface area is 237 Å². The number of rotatable bonds is 6. The number of halogens is 10. The summed E-state index contributed by atoms with van der Waals surface area (Å²) in [5.74, 6) is -2.40. The van der Waals surface area contributed by atoms with E-state index in [0.717, 1.165) is 18.2 Å². The number of hydrogen-bond acceptors (Lipinski definition) is 4. The molecule has 4 rings (SSSR count). The monoisotopic (exact) mass is 623 g/mol. The maximum atomic E-state index is 13.3. The molecular formula is C27H19ClF9N3O2. The Morgan fingerprint density at radius 3 is 2.12 bits per heavy atom. The minimum Gasteiger partial charge on any atom is -0.405 e. The van der Waals surface area contributed by atoms with Gasteiger partial charge in [0.1, 0.15) is 12.3 Å². The third-order valence-electron chi connectivity index (χ3n) is 6.34. The number of carbonyl (C=O) groups excluding carboxylic acids is 1. The van der Waals surface area contributed by atoms with Crippen LogP contribution in [0.4, 0.5) is 45.2 Å². The zero-order valence-electron chi connectivity index (χ0n) is 21.3. The first-order valence-corrected chi connectivity index (χ1v) is 12.3. The van der Waals surface area contributed by atoms with Crippen molar-refractivity contribution in [3.05, 3.63) is 94.0 Å². The molecular weight excluding hydrogens is 605 g/mol. The highest BCUT2D eigenvalue weighted by molar-refractivity contribution is 6.32. The molecule has 1 unspecified atom stereocenters. The number of hydrogen-bond donors (Lipinski definition) is 1. The minimum absolute atomic E-state index is 0.0495. The molecule has 1 amide bonds. The normalized spacial score (nSPS) is 17.7. The van der Waals surface area contributed by atoms with Gasteiger partial charge in [0, 0.05) is 17.3 Å². The fourth-order valence-electron chi connectivity index (χ4n) is 4.53. The van der Waals surface area contributed by atoms with E-state index in [9.17, 15) is 44.3 Å². The Morgan fingerprint density at radius 1 is 0.929 bits per heavy atom. The molecule has 1 aliphatic heterocycles. The van der Waals surface area contributed by atoms with Gasteiger partial charge >= 0.3 is 18.7 Å². The van der Waals surface area contributed by atoms with Gasteiger partial charge < -0.3 is 10.1 Å². The summed E-state index contributed by atoms with van der Waals surface area (Å²) in [7, 11) is 0. The van der Waals surface area contributed by atoms with E-state index in [1.807, 2.05) is 0 Å². The quantitative estimate of drug-likeness (QED) is 0.284. The number of nitrogens with one attached hydrogen (secondary N) is 1. The van der Waals surface area contributed by atoms with E-state index in [1.165, 1.54) is 11.1 Å². The summed E-state index contributed by atoms with van der Waals surface area (Å²) in [5, 5.41) is 7.38. The van der Waals surface area contributed by atoms with Crippen LogP contribution in [0.25, 0.3) is 0 Å². The molecule has 3 aromatic rings. The Morgan fingerprint density at radius 2 is 1.55 bits per heavy atom. The van der Waals surface area contributed by atoms with Crippen molar-refractivity contribution in [3.63, 3.8) is 0 Å². The zero-order valence-corrected chi connectivity index (χ0v) is 22.0. The first-order valence-electron chi connectivity index (χ1n) is 11.9. The first kappa shape index (κ1) is 31.0. The number of amides is 1. The minimum atomic E-state index is -5.42. The van der Waals surface area contributed by atoms with Crippen molar-refractivity contribution in [2.24, 2.45) is 5.10 Å². The van der Waals surface area contributed by atoms with Crippen LogP contribution in [0, 0.1) is 0 Å². The summed E-state index contributed by atoms with van der Waals surface area (Å²) in [5.41, 5.74) is -2.86. The Hall–Kier alpha value is -3.94. The summed E-state index contributed by atoms with van der Waals surface area (Å²) in [6.45, 7) is 1.30. The predicted octanol–water partition coefficient (Wildman–Crippen LogP) is 7.89. The van der Waals surface area contributed by atoms with Gasteiger partial charge in [-0.15, -0.1) is 13.2 Å². The molecule has 0 bridgehead atoms. The molecule has 0 radical (unpaired) electrons. The van der Waals surface area contributed by atoms with Gasteiger partial charge in [0.25, 0.3) is 0 Å². The van der Waals surface area contributed by atoms with Crippen molar-refractivity contribution in [1.29, 1.82) is 0 Å². The number of hydrazone groups is 1. The molecule has 1 N–H and O–H groups in total. The van der Waals surface area contributed by atoms with Gasteiger partial charge in [-0.25, -0.2) is 0 Å². The molecule has 0 spiro atoms. The van der Waals surface area contributed by atoms with E-state index < -0.39 is 64.2 Å². The molecule has 5 nitrogen and oxygen atoms in total. The summed E-state index contributed by atoms with van der Waals surface area (Å²) in [4.78, 5) is 12.8. The van der Waals surface area contributed by atoms with Gasteiger partial charge in [-0.1, -0.05) is 48.0 Å². The number of alkyl halides is 9. The second kappa shape index (κ2) is 11.0. The third kappa shape index (κ3) is 6.92. The average Bonchev–Trinajstić information content (AvgIpc) is 3.18. The van der Waals surface area contributed by atoms with Gasteiger partial charge in [-0.3, -0.25) is 9.80 Å². The van der Waals surface area contributed by atoms with Gasteiger partial charge in [0.2, 0.25) is 5.91 Å². The first-order chi connectivity index (χ1) is 19.4. The summed E-state index contributed by atoms with van der Waals surface area (Å²) < 4.78 is 121. The molecule has 0 saturated carbocycles. The Bertz CT molecular complexity index is 1510. The van der Waals surface area contributed by atoms with Crippen LogP contribution >= 0.6 is 11.6 Å². The second-order valence-corrected chi connectivity index (χ2v) is 9.87. The van der Waals surface area contributed by atoms with E-state index in [-0.39, 0.29) is 17.8 Å². The standard InChI is InChI=1S/C27H19ClF9N3O2/c1-24(16-5-3-2-4-6-16)14-40(39-23(24)15-7-9-18(20(28)11-15)25(29,30)31)13-22(41)38-17-8-10-19(26(32,33)34)21(12-17)42-27(35,36)37/h2-12H,13-14H2,1H3,(H,38,41). The molecule has 1 aliphatic rings. The third-order valence-corrected chi connectivity index (χ3v) is 6.66. The average molecular weight is 624 g/mol. The second-order valence-electron chi connectivity index (χ2n) is 9.47. The molecule has 1 atom stereocenters. The lowest BCUT2D eigenvalue weighted by molar-refractivity contribution is -0.276. The summed E-state index contributed by atoms with van der Waals surface area (Å²) >= 11 is 5.93. The molecule has 42 heavy (non-hydrogen) atoms. The van der Waals surface area contributed by atoms with Crippen LogP contribution in [0.3, 0.4) is 0 Å². The molecule has 224 valence electrons. The summed E-state index contributed by atoms with van der Waals surface area (Å²) in [6, 6.07) is 13.4. The van der Waals surface area contributed by atoms with Crippen molar-refractivity contribution in [2.45, 2.75) is 31.1 Å². The van der Waals surface area contributed by atoms with Crippen molar-refractivity contribution in [1.82, 2.24) is 5.01 Å². The molecule has 3 aromatic carbocycles. The van der Waals surface area contributed by atoms with Crippen LogP contribution in [0.2, 0.25) is 5.02 Å². The topological polar surface area (TPSA) is 53.9 Å². The largest absolute Gasteiger partial charge is 0.573 e.